The molecule has 0 saturated heterocycles. The highest BCUT2D eigenvalue weighted by Crippen LogP contribution is 2.40. The first-order valence-electron chi connectivity index (χ1n) is 5.06. The van der Waals surface area contributed by atoms with E-state index in [1.54, 1.807) is 0 Å². The average molecular weight is 251 g/mol. The lowest BCUT2D eigenvalue weighted by atomic mass is 10.1. The highest BCUT2D eigenvalue weighted by molar-refractivity contribution is 8.01. The molecular formula is C12H11ClN2S. The molecule has 1 heterocycles. The van der Waals surface area contributed by atoms with Gasteiger partial charge in [-0.15, -0.1) is 0 Å². The summed E-state index contributed by atoms with van der Waals surface area (Å²) in [6.07, 6.45) is 0. The zero-order valence-corrected chi connectivity index (χ0v) is 10.6. The van der Waals surface area contributed by atoms with Crippen molar-refractivity contribution in [2.75, 3.05) is 0 Å². The Kier molecular flexibility index (Phi) is 3.22. The summed E-state index contributed by atoms with van der Waals surface area (Å²) in [7, 11) is 0. The van der Waals surface area contributed by atoms with Crippen molar-refractivity contribution in [3.8, 4) is 6.07 Å². The van der Waals surface area contributed by atoms with Crippen LogP contribution in [-0.4, -0.2) is 11.0 Å². The molecular weight excluding hydrogens is 240 g/mol. The van der Waals surface area contributed by atoms with Gasteiger partial charge in [0.15, 0.2) is 0 Å². The van der Waals surface area contributed by atoms with Crippen LogP contribution in [0.4, 0.5) is 5.69 Å². The Hall–Kier alpha value is -0.980. The number of rotatable bonds is 1. The Morgan fingerprint density at radius 3 is 2.88 bits per heavy atom. The van der Waals surface area contributed by atoms with Crippen LogP contribution in [0.2, 0.25) is 5.02 Å². The van der Waals surface area contributed by atoms with Gasteiger partial charge in [0.25, 0.3) is 0 Å². The molecule has 0 amide bonds. The SMILES string of the molecule is CC(C)C1=Nc2ccc(Cl)cc2SC1C#N. The molecule has 1 atom stereocenters. The molecule has 0 radical (unpaired) electrons. The van der Waals surface area contributed by atoms with Crippen LogP contribution in [0.3, 0.4) is 0 Å². The van der Waals surface area contributed by atoms with E-state index < -0.39 is 0 Å². The summed E-state index contributed by atoms with van der Waals surface area (Å²) in [4.78, 5) is 5.54. The van der Waals surface area contributed by atoms with Gasteiger partial charge < -0.3 is 0 Å². The minimum atomic E-state index is -0.189. The van der Waals surface area contributed by atoms with Gasteiger partial charge in [-0.1, -0.05) is 37.2 Å². The predicted octanol–water partition coefficient (Wildman–Crippen LogP) is 4.07. The Labute approximate surface area is 104 Å². The van der Waals surface area contributed by atoms with E-state index in [1.807, 2.05) is 18.2 Å². The molecule has 0 fully saturated rings. The zero-order chi connectivity index (χ0) is 11.7. The van der Waals surface area contributed by atoms with Crippen LogP contribution in [-0.2, 0) is 0 Å². The van der Waals surface area contributed by atoms with Crippen LogP contribution in [0.25, 0.3) is 0 Å². The summed E-state index contributed by atoms with van der Waals surface area (Å²) >= 11 is 7.45. The van der Waals surface area contributed by atoms with E-state index in [9.17, 15) is 0 Å². The summed E-state index contributed by atoms with van der Waals surface area (Å²) in [6, 6.07) is 7.88. The minimum Gasteiger partial charge on any atom is -0.254 e. The highest BCUT2D eigenvalue weighted by Gasteiger charge is 2.25. The molecule has 82 valence electrons. The van der Waals surface area contributed by atoms with Crippen molar-refractivity contribution < 1.29 is 0 Å². The first kappa shape index (κ1) is 11.5. The molecule has 0 saturated carbocycles. The number of hydrogen-bond acceptors (Lipinski definition) is 3. The van der Waals surface area contributed by atoms with E-state index in [2.05, 4.69) is 24.9 Å². The summed E-state index contributed by atoms with van der Waals surface area (Å²) in [5.41, 5.74) is 1.87. The molecule has 1 aromatic rings. The van der Waals surface area contributed by atoms with E-state index in [0.29, 0.717) is 10.9 Å². The summed E-state index contributed by atoms with van der Waals surface area (Å²) in [5, 5.41) is 9.62. The van der Waals surface area contributed by atoms with Crippen LogP contribution >= 0.6 is 23.4 Å². The number of fused-ring (bicyclic) bond motifs is 1. The third-order valence-corrected chi connectivity index (χ3v) is 3.79. The molecule has 1 aliphatic heterocycles. The molecule has 0 aliphatic carbocycles. The maximum Gasteiger partial charge on any atom is 0.135 e. The van der Waals surface area contributed by atoms with Crippen LogP contribution in [0.5, 0.6) is 0 Å². The zero-order valence-electron chi connectivity index (χ0n) is 9.07. The van der Waals surface area contributed by atoms with Gasteiger partial charge in [0.05, 0.1) is 11.8 Å². The topological polar surface area (TPSA) is 36.1 Å². The number of nitrogens with zero attached hydrogens (tertiary/aromatic N) is 2. The first-order valence-corrected chi connectivity index (χ1v) is 6.32. The second-order valence-electron chi connectivity index (χ2n) is 3.93. The van der Waals surface area contributed by atoms with Crippen molar-refractivity contribution in [3.63, 3.8) is 0 Å². The molecule has 2 rings (SSSR count). The van der Waals surface area contributed by atoms with E-state index in [0.717, 1.165) is 16.3 Å². The average Bonchev–Trinajstić information content (AvgIpc) is 2.26. The van der Waals surface area contributed by atoms with E-state index in [-0.39, 0.29) is 5.25 Å². The number of hydrogen-bond donors (Lipinski definition) is 0. The van der Waals surface area contributed by atoms with Crippen molar-refractivity contribution in [2.24, 2.45) is 10.9 Å². The Bertz CT molecular complexity index is 488. The largest absolute Gasteiger partial charge is 0.254 e. The van der Waals surface area contributed by atoms with Crippen LogP contribution < -0.4 is 0 Å². The standard InChI is InChI=1S/C12H11ClN2S/c1-7(2)12-11(6-14)16-10-5-8(13)3-4-9(10)15-12/h3-5,7,11H,1-2H3. The van der Waals surface area contributed by atoms with Gasteiger partial charge in [-0.2, -0.15) is 5.26 Å². The molecule has 0 spiro atoms. The fourth-order valence-electron chi connectivity index (χ4n) is 1.58. The van der Waals surface area contributed by atoms with Crippen molar-refractivity contribution in [1.29, 1.82) is 5.26 Å². The normalized spacial score (nSPS) is 18.9. The van der Waals surface area contributed by atoms with E-state index in [1.165, 1.54) is 11.8 Å². The lowest BCUT2D eigenvalue weighted by molar-refractivity contribution is 0.867. The van der Waals surface area contributed by atoms with Gasteiger partial charge in [-0.3, -0.25) is 4.99 Å². The van der Waals surface area contributed by atoms with E-state index in [4.69, 9.17) is 16.9 Å². The van der Waals surface area contributed by atoms with Gasteiger partial charge >= 0.3 is 0 Å². The van der Waals surface area contributed by atoms with Crippen molar-refractivity contribution in [3.05, 3.63) is 23.2 Å². The summed E-state index contributed by atoms with van der Waals surface area (Å²) in [5.74, 6) is 0.293. The summed E-state index contributed by atoms with van der Waals surface area (Å²) in [6.45, 7) is 4.12. The number of thioether (sulfide) groups is 1. The van der Waals surface area contributed by atoms with Gasteiger partial charge in [0.1, 0.15) is 5.25 Å². The first-order chi connectivity index (χ1) is 7.61. The maximum atomic E-state index is 9.12. The molecule has 4 heteroatoms. The number of nitriles is 1. The molecule has 2 nitrogen and oxygen atoms in total. The Morgan fingerprint density at radius 2 is 2.25 bits per heavy atom. The van der Waals surface area contributed by atoms with Crippen molar-refractivity contribution >= 4 is 34.8 Å². The Morgan fingerprint density at radius 1 is 1.50 bits per heavy atom. The van der Waals surface area contributed by atoms with Crippen molar-refractivity contribution in [2.45, 2.75) is 24.0 Å². The number of halogens is 1. The fraction of sp³-hybridized carbons (Fsp3) is 0.333. The molecule has 1 unspecified atom stereocenters. The third-order valence-electron chi connectivity index (χ3n) is 2.39. The van der Waals surface area contributed by atoms with Gasteiger partial charge in [-0.25, -0.2) is 0 Å². The van der Waals surface area contributed by atoms with Crippen LogP contribution in [0, 0.1) is 17.2 Å². The molecule has 0 aromatic heterocycles. The molecule has 0 bridgehead atoms. The fourth-order valence-corrected chi connectivity index (χ4v) is 3.00. The lowest BCUT2D eigenvalue weighted by Crippen LogP contribution is -2.23. The van der Waals surface area contributed by atoms with Gasteiger partial charge in [0, 0.05) is 15.6 Å². The second-order valence-corrected chi connectivity index (χ2v) is 5.51. The quantitative estimate of drug-likeness (QED) is 0.753. The Balaban J connectivity index is 2.49. The molecule has 0 N–H and O–H groups in total. The third kappa shape index (κ3) is 2.09. The monoisotopic (exact) mass is 250 g/mol. The van der Waals surface area contributed by atoms with Crippen molar-refractivity contribution in [1.82, 2.24) is 0 Å². The smallest absolute Gasteiger partial charge is 0.135 e. The van der Waals surface area contributed by atoms with Crippen LogP contribution in [0.1, 0.15) is 13.8 Å². The van der Waals surface area contributed by atoms with E-state index >= 15 is 0 Å². The summed E-state index contributed by atoms with van der Waals surface area (Å²) < 4.78 is 0. The number of aliphatic imine (C=N–C) groups is 1. The number of benzene rings is 1. The van der Waals surface area contributed by atoms with Crippen LogP contribution in [0.15, 0.2) is 28.1 Å². The van der Waals surface area contributed by atoms with Gasteiger partial charge in [0.2, 0.25) is 0 Å². The predicted molar refractivity (Wildman–Crippen MR) is 68.6 cm³/mol. The molecule has 16 heavy (non-hydrogen) atoms. The molecule has 1 aromatic carbocycles. The second kappa shape index (κ2) is 4.48. The highest BCUT2D eigenvalue weighted by atomic mass is 35.5. The maximum absolute atomic E-state index is 9.12. The van der Waals surface area contributed by atoms with Gasteiger partial charge in [-0.05, 0) is 24.1 Å². The molecule has 1 aliphatic rings. The lowest BCUT2D eigenvalue weighted by Gasteiger charge is -2.21. The minimum absolute atomic E-state index is 0.189.